The van der Waals surface area contributed by atoms with E-state index in [9.17, 15) is 9.59 Å². The van der Waals surface area contributed by atoms with Crippen LogP contribution in [0.5, 0.6) is 0 Å². The van der Waals surface area contributed by atoms with Gasteiger partial charge < -0.3 is 15.1 Å². The van der Waals surface area contributed by atoms with E-state index in [0.717, 1.165) is 19.6 Å². The number of Topliss-reactive ketones (excluding diaryl/α,β-unsaturated/α-hetero) is 1. The number of hydrogen-bond donors (Lipinski definition) is 1. The van der Waals surface area contributed by atoms with Gasteiger partial charge in [-0.1, -0.05) is 19.1 Å². The number of likely N-dealkylation sites (tertiary alicyclic amines) is 1. The summed E-state index contributed by atoms with van der Waals surface area (Å²) in [5.41, 5.74) is 1.46. The highest BCUT2D eigenvalue weighted by Gasteiger charge is 2.32. The second-order valence-corrected chi connectivity index (χ2v) is 7.44. The minimum Gasteiger partial charge on any atom is -0.325 e. The second kappa shape index (κ2) is 7.90. The zero-order chi connectivity index (χ0) is 17.7. The Balaban J connectivity index is 1.82. The molecule has 1 aliphatic heterocycles. The zero-order valence-corrected chi connectivity index (χ0v) is 15.3. The number of para-hydroxylation sites is 1. The van der Waals surface area contributed by atoms with Gasteiger partial charge in [-0.05, 0) is 51.5 Å². The molecule has 0 unspecified atom stereocenters. The van der Waals surface area contributed by atoms with Gasteiger partial charge in [-0.3, -0.25) is 9.59 Å². The molecule has 1 N–H and O–H groups in total. The Morgan fingerprint density at radius 1 is 1.33 bits per heavy atom. The summed E-state index contributed by atoms with van der Waals surface area (Å²) in [6.45, 7) is 7.79. The molecule has 1 aliphatic rings. The lowest BCUT2D eigenvalue weighted by molar-refractivity contribution is -0.116. The van der Waals surface area contributed by atoms with Crippen molar-refractivity contribution in [3.63, 3.8) is 0 Å². The van der Waals surface area contributed by atoms with Crippen molar-refractivity contribution in [3.05, 3.63) is 29.8 Å². The van der Waals surface area contributed by atoms with Crippen molar-refractivity contribution in [2.75, 3.05) is 45.6 Å². The molecule has 1 saturated heterocycles. The van der Waals surface area contributed by atoms with Gasteiger partial charge in [0.05, 0.1) is 5.69 Å². The fraction of sp³-hybridized carbons (Fsp3) is 0.579. The van der Waals surface area contributed by atoms with Crippen molar-refractivity contribution in [2.24, 2.45) is 5.41 Å². The molecule has 5 heteroatoms. The Labute approximate surface area is 145 Å². The maximum Gasteiger partial charge on any atom is 0.225 e. The second-order valence-electron chi connectivity index (χ2n) is 7.44. The van der Waals surface area contributed by atoms with Gasteiger partial charge in [-0.25, -0.2) is 0 Å². The van der Waals surface area contributed by atoms with E-state index in [1.807, 2.05) is 6.07 Å². The molecule has 0 bridgehead atoms. The molecule has 0 saturated carbocycles. The maximum atomic E-state index is 12.2. The Morgan fingerprint density at radius 2 is 2.04 bits per heavy atom. The van der Waals surface area contributed by atoms with Gasteiger partial charge in [0.15, 0.2) is 5.78 Å². The number of amides is 1. The van der Waals surface area contributed by atoms with E-state index in [-0.39, 0.29) is 11.7 Å². The van der Waals surface area contributed by atoms with E-state index >= 15 is 0 Å². The van der Waals surface area contributed by atoms with Crippen molar-refractivity contribution in [2.45, 2.75) is 26.7 Å². The average Bonchev–Trinajstić information content (AvgIpc) is 2.84. The van der Waals surface area contributed by atoms with Gasteiger partial charge in [-0.15, -0.1) is 0 Å². The lowest BCUT2D eigenvalue weighted by Crippen LogP contribution is -2.36. The molecule has 1 fully saturated rings. The van der Waals surface area contributed by atoms with Gasteiger partial charge in [0.25, 0.3) is 0 Å². The van der Waals surface area contributed by atoms with Gasteiger partial charge in [0.1, 0.15) is 0 Å². The minimum atomic E-state index is -0.0516. The van der Waals surface area contributed by atoms with Crippen LogP contribution in [0.1, 0.15) is 37.0 Å². The summed E-state index contributed by atoms with van der Waals surface area (Å²) in [5.74, 6) is -0.0921. The molecule has 0 spiro atoms. The van der Waals surface area contributed by atoms with Crippen LogP contribution in [0.3, 0.4) is 0 Å². The molecule has 132 valence electrons. The van der Waals surface area contributed by atoms with Crippen molar-refractivity contribution in [3.8, 4) is 0 Å². The summed E-state index contributed by atoms with van der Waals surface area (Å²) in [4.78, 5) is 28.4. The topological polar surface area (TPSA) is 52.7 Å². The number of anilines is 1. The van der Waals surface area contributed by atoms with Crippen LogP contribution in [0.25, 0.3) is 0 Å². The van der Waals surface area contributed by atoms with E-state index < -0.39 is 0 Å². The fourth-order valence-corrected chi connectivity index (χ4v) is 3.53. The van der Waals surface area contributed by atoms with Crippen LogP contribution in [0.2, 0.25) is 0 Å². The van der Waals surface area contributed by atoms with E-state index in [4.69, 9.17) is 0 Å². The summed E-state index contributed by atoms with van der Waals surface area (Å²) >= 11 is 0. The molecule has 5 nitrogen and oxygen atoms in total. The first-order chi connectivity index (χ1) is 11.3. The largest absolute Gasteiger partial charge is 0.325 e. The normalized spacial score (nSPS) is 21.2. The summed E-state index contributed by atoms with van der Waals surface area (Å²) in [5, 5.41) is 2.86. The van der Waals surface area contributed by atoms with Crippen LogP contribution in [0, 0.1) is 5.41 Å². The first-order valence-electron chi connectivity index (χ1n) is 8.56. The average molecular weight is 331 g/mol. The number of benzene rings is 1. The number of nitrogens with zero attached hydrogens (tertiary/aromatic N) is 2. The lowest BCUT2D eigenvalue weighted by Gasteiger charge is -2.29. The standard InChI is InChI=1S/C19H29N3O2/c1-15(23)16-7-5-6-8-17(16)20-18(24)9-11-21(3)13-19(2)10-12-22(4)14-19/h5-8H,9-14H2,1-4H3,(H,20,24)/t19-/m0/s1. The third-order valence-corrected chi connectivity index (χ3v) is 4.70. The number of ketones is 1. The predicted octanol–water partition coefficient (Wildman–Crippen LogP) is 2.49. The molecule has 1 aromatic rings. The fourth-order valence-electron chi connectivity index (χ4n) is 3.53. The first-order valence-corrected chi connectivity index (χ1v) is 8.56. The first kappa shape index (κ1) is 18.6. The molecule has 0 radical (unpaired) electrons. The molecule has 2 rings (SSSR count). The maximum absolute atomic E-state index is 12.2. The van der Waals surface area contributed by atoms with Crippen LogP contribution in [0.15, 0.2) is 24.3 Å². The van der Waals surface area contributed by atoms with Crippen LogP contribution >= 0.6 is 0 Å². The third-order valence-electron chi connectivity index (χ3n) is 4.70. The molecule has 1 aromatic carbocycles. The number of hydrogen-bond acceptors (Lipinski definition) is 4. The highest BCUT2D eigenvalue weighted by Crippen LogP contribution is 2.29. The molecule has 24 heavy (non-hydrogen) atoms. The number of rotatable bonds is 7. The van der Waals surface area contributed by atoms with E-state index in [1.165, 1.54) is 13.3 Å². The number of nitrogens with one attached hydrogen (secondary N) is 1. The van der Waals surface area contributed by atoms with E-state index in [0.29, 0.717) is 29.6 Å². The molecular formula is C19H29N3O2. The number of carbonyl (C=O) groups excluding carboxylic acids is 2. The smallest absolute Gasteiger partial charge is 0.225 e. The van der Waals surface area contributed by atoms with Gasteiger partial charge in [0.2, 0.25) is 5.91 Å². The molecule has 1 amide bonds. The Hall–Kier alpha value is -1.72. The Bertz CT molecular complexity index is 602. The van der Waals surface area contributed by atoms with E-state index in [1.54, 1.807) is 18.2 Å². The monoisotopic (exact) mass is 331 g/mol. The molecular weight excluding hydrogens is 302 g/mol. The van der Waals surface area contributed by atoms with Gasteiger partial charge in [0, 0.05) is 31.6 Å². The third kappa shape index (κ3) is 5.14. The predicted molar refractivity (Wildman–Crippen MR) is 97.4 cm³/mol. The molecule has 0 aliphatic carbocycles. The van der Waals surface area contributed by atoms with Crippen molar-refractivity contribution < 1.29 is 9.59 Å². The van der Waals surface area contributed by atoms with E-state index in [2.05, 4.69) is 36.1 Å². The Morgan fingerprint density at radius 3 is 2.67 bits per heavy atom. The zero-order valence-electron chi connectivity index (χ0n) is 15.3. The molecule has 0 aromatic heterocycles. The van der Waals surface area contributed by atoms with Crippen molar-refractivity contribution in [1.82, 2.24) is 9.80 Å². The Kier molecular flexibility index (Phi) is 6.13. The van der Waals surface area contributed by atoms with Crippen molar-refractivity contribution in [1.29, 1.82) is 0 Å². The molecule has 1 heterocycles. The van der Waals surface area contributed by atoms with Gasteiger partial charge >= 0.3 is 0 Å². The highest BCUT2D eigenvalue weighted by molar-refractivity contribution is 6.03. The summed E-state index contributed by atoms with van der Waals surface area (Å²) in [7, 11) is 4.23. The quantitative estimate of drug-likeness (QED) is 0.780. The molecule has 1 atom stereocenters. The highest BCUT2D eigenvalue weighted by atomic mass is 16.1. The SMILES string of the molecule is CC(=O)c1ccccc1NC(=O)CCN(C)C[C@]1(C)CCN(C)C1. The van der Waals surface area contributed by atoms with Crippen LogP contribution in [0.4, 0.5) is 5.69 Å². The van der Waals surface area contributed by atoms with Gasteiger partial charge in [-0.2, -0.15) is 0 Å². The number of carbonyl (C=O) groups is 2. The summed E-state index contributed by atoms with van der Waals surface area (Å²) in [6.07, 6.45) is 1.63. The lowest BCUT2D eigenvalue weighted by atomic mass is 9.89. The van der Waals surface area contributed by atoms with Crippen LogP contribution < -0.4 is 5.32 Å². The van der Waals surface area contributed by atoms with Crippen LogP contribution in [-0.2, 0) is 4.79 Å². The van der Waals surface area contributed by atoms with Crippen molar-refractivity contribution >= 4 is 17.4 Å². The summed E-state index contributed by atoms with van der Waals surface area (Å²) < 4.78 is 0. The van der Waals surface area contributed by atoms with Crippen LogP contribution in [-0.4, -0.2) is 61.8 Å². The minimum absolute atomic E-state index is 0.0405. The summed E-state index contributed by atoms with van der Waals surface area (Å²) in [6, 6.07) is 7.14.